The third-order valence-corrected chi connectivity index (χ3v) is 5.82. The number of nitrogen functional groups attached to an aromatic ring is 1. The number of rotatable bonds is 8. The minimum atomic E-state index is -0.650. The number of anilines is 1. The van der Waals surface area contributed by atoms with Crippen molar-refractivity contribution in [3.63, 3.8) is 0 Å². The van der Waals surface area contributed by atoms with Crippen molar-refractivity contribution in [2.45, 2.75) is 63.9 Å². The van der Waals surface area contributed by atoms with Gasteiger partial charge in [-0.1, -0.05) is 62.7 Å². The highest BCUT2D eigenvalue weighted by Crippen LogP contribution is 2.42. The second-order valence-electron chi connectivity index (χ2n) is 7.98. The van der Waals surface area contributed by atoms with Crippen molar-refractivity contribution in [2.24, 2.45) is 0 Å². The molecule has 2 aromatic rings. The molecule has 1 aliphatic rings. The SMILES string of the molecule is CCCC1(CCc2ccccc2)CC(O)=C([C@H](CC)c2cccc(N)c2)C(=O)O1. The number of aliphatic hydroxyl groups is 1. The van der Waals surface area contributed by atoms with E-state index in [0.29, 0.717) is 30.5 Å². The number of ether oxygens (including phenoxy) is 1. The van der Waals surface area contributed by atoms with E-state index in [1.807, 2.05) is 49.4 Å². The van der Waals surface area contributed by atoms with Crippen LogP contribution in [0.2, 0.25) is 0 Å². The molecule has 1 aliphatic heterocycles. The molecule has 0 aromatic heterocycles. The molecule has 0 amide bonds. The Morgan fingerprint density at radius 1 is 1.10 bits per heavy atom. The largest absolute Gasteiger partial charge is 0.512 e. The van der Waals surface area contributed by atoms with Crippen molar-refractivity contribution in [1.29, 1.82) is 0 Å². The Labute approximate surface area is 173 Å². The van der Waals surface area contributed by atoms with E-state index in [1.54, 1.807) is 0 Å². The molecule has 154 valence electrons. The first kappa shape index (κ1) is 21.0. The Balaban J connectivity index is 1.87. The molecule has 0 spiro atoms. The van der Waals surface area contributed by atoms with Gasteiger partial charge in [-0.25, -0.2) is 4.79 Å². The van der Waals surface area contributed by atoms with Crippen molar-refractivity contribution < 1.29 is 14.6 Å². The van der Waals surface area contributed by atoms with E-state index in [0.717, 1.165) is 24.8 Å². The van der Waals surface area contributed by atoms with Gasteiger partial charge in [0.2, 0.25) is 0 Å². The summed E-state index contributed by atoms with van der Waals surface area (Å²) < 4.78 is 6.07. The molecule has 0 bridgehead atoms. The zero-order chi connectivity index (χ0) is 20.9. The summed E-state index contributed by atoms with van der Waals surface area (Å²) in [5.74, 6) is -0.457. The summed E-state index contributed by atoms with van der Waals surface area (Å²) in [7, 11) is 0. The normalized spacial score (nSPS) is 20.4. The summed E-state index contributed by atoms with van der Waals surface area (Å²) in [5.41, 5.74) is 8.45. The fraction of sp³-hybridized carbons (Fsp3) is 0.400. The van der Waals surface area contributed by atoms with Gasteiger partial charge in [-0.3, -0.25) is 0 Å². The lowest BCUT2D eigenvalue weighted by Crippen LogP contribution is -2.41. The van der Waals surface area contributed by atoms with Gasteiger partial charge < -0.3 is 15.6 Å². The van der Waals surface area contributed by atoms with E-state index in [4.69, 9.17) is 10.5 Å². The fourth-order valence-electron chi connectivity index (χ4n) is 4.41. The number of cyclic esters (lactones) is 1. The number of carbonyl (C=O) groups is 1. The molecule has 0 saturated heterocycles. The van der Waals surface area contributed by atoms with Crippen LogP contribution >= 0.6 is 0 Å². The summed E-state index contributed by atoms with van der Waals surface area (Å²) in [6.07, 6.45) is 4.18. The van der Waals surface area contributed by atoms with E-state index in [9.17, 15) is 9.90 Å². The molecule has 0 aliphatic carbocycles. The van der Waals surface area contributed by atoms with Crippen LogP contribution in [-0.2, 0) is 16.0 Å². The molecule has 3 N–H and O–H groups in total. The predicted octanol–water partition coefficient (Wildman–Crippen LogP) is 5.69. The number of hydrogen-bond acceptors (Lipinski definition) is 4. The average molecular weight is 394 g/mol. The summed E-state index contributed by atoms with van der Waals surface area (Å²) in [4.78, 5) is 13.1. The number of nitrogens with two attached hydrogens (primary N) is 1. The van der Waals surface area contributed by atoms with Gasteiger partial charge in [-0.2, -0.15) is 0 Å². The number of hydrogen-bond donors (Lipinski definition) is 2. The maximum Gasteiger partial charge on any atom is 0.338 e. The van der Waals surface area contributed by atoms with E-state index >= 15 is 0 Å². The maximum absolute atomic E-state index is 13.1. The van der Waals surface area contributed by atoms with E-state index in [-0.39, 0.29) is 11.7 Å². The summed E-state index contributed by atoms with van der Waals surface area (Å²) in [5, 5.41) is 11.0. The van der Waals surface area contributed by atoms with Gasteiger partial charge in [0.25, 0.3) is 0 Å². The fourth-order valence-corrected chi connectivity index (χ4v) is 4.41. The summed E-state index contributed by atoms with van der Waals surface area (Å²) in [6.45, 7) is 4.08. The Kier molecular flexibility index (Phi) is 6.63. The van der Waals surface area contributed by atoms with Crippen LogP contribution in [0.1, 0.15) is 63.0 Å². The maximum atomic E-state index is 13.1. The second kappa shape index (κ2) is 9.17. The molecular weight excluding hydrogens is 362 g/mol. The van der Waals surface area contributed by atoms with Gasteiger partial charge in [-0.05, 0) is 48.9 Å². The Hall–Kier alpha value is -2.75. The summed E-state index contributed by atoms with van der Waals surface area (Å²) >= 11 is 0. The topological polar surface area (TPSA) is 72.5 Å². The molecule has 2 atom stereocenters. The zero-order valence-electron chi connectivity index (χ0n) is 17.4. The van der Waals surface area contributed by atoms with E-state index < -0.39 is 11.6 Å². The van der Waals surface area contributed by atoms with Gasteiger partial charge in [-0.15, -0.1) is 0 Å². The Bertz CT molecular complexity index is 875. The van der Waals surface area contributed by atoms with Gasteiger partial charge in [0.15, 0.2) is 0 Å². The van der Waals surface area contributed by atoms with Crippen LogP contribution in [0.15, 0.2) is 65.9 Å². The number of carbonyl (C=O) groups excluding carboxylic acids is 1. The Morgan fingerprint density at radius 2 is 1.86 bits per heavy atom. The monoisotopic (exact) mass is 393 g/mol. The zero-order valence-corrected chi connectivity index (χ0v) is 17.4. The van der Waals surface area contributed by atoms with Crippen molar-refractivity contribution in [3.05, 3.63) is 77.1 Å². The van der Waals surface area contributed by atoms with Crippen LogP contribution in [0.5, 0.6) is 0 Å². The smallest absolute Gasteiger partial charge is 0.338 e. The Morgan fingerprint density at radius 3 is 2.48 bits per heavy atom. The molecule has 0 radical (unpaired) electrons. The minimum Gasteiger partial charge on any atom is -0.512 e. The molecule has 1 heterocycles. The lowest BCUT2D eigenvalue weighted by atomic mass is 9.80. The second-order valence-corrected chi connectivity index (χ2v) is 7.98. The van der Waals surface area contributed by atoms with Crippen LogP contribution in [-0.4, -0.2) is 16.7 Å². The van der Waals surface area contributed by atoms with Crippen molar-refractivity contribution in [1.82, 2.24) is 0 Å². The first-order chi connectivity index (χ1) is 14.0. The van der Waals surface area contributed by atoms with E-state index in [2.05, 4.69) is 19.1 Å². The summed E-state index contributed by atoms with van der Waals surface area (Å²) in [6, 6.07) is 17.7. The number of aryl methyl sites for hydroxylation is 1. The highest BCUT2D eigenvalue weighted by atomic mass is 16.6. The lowest BCUT2D eigenvalue weighted by molar-refractivity contribution is -0.161. The van der Waals surface area contributed by atoms with Crippen LogP contribution in [0.3, 0.4) is 0 Å². The van der Waals surface area contributed by atoms with E-state index in [1.165, 1.54) is 5.56 Å². The minimum absolute atomic E-state index is 0.164. The highest BCUT2D eigenvalue weighted by Gasteiger charge is 2.43. The molecule has 2 aromatic carbocycles. The first-order valence-corrected chi connectivity index (χ1v) is 10.5. The standard InChI is InChI=1S/C25H31NO3/c1-3-14-25(15-13-18-9-6-5-7-10-18)17-22(27)23(24(28)29-25)21(4-2)19-11-8-12-20(26)16-19/h5-12,16,21,27H,3-4,13-15,17,26H2,1-2H3/t21-,25?/m1/s1. The molecule has 4 nitrogen and oxygen atoms in total. The molecular formula is C25H31NO3. The van der Waals surface area contributed by atoms with Crippen LogP contribution in [0.4, 0.5) is 5.69 Å². The van der Waals surface area contributed by atoms with Gasteiger partial charge in [0, 0.05) is 18.0 Å². The molecule has 3 rings (SSSR count). The van der Waals surface area contributed by atoms with Crippen LogP contribution < -0.4 is 5.73 Å². The van der Waals surface area contributed by atoms with Crippen LogP contribution in [0.25, 0.3) is 0 Å². The number of aliphatic hydroxyl groups excluding tert-OH is 1. The number of esters is 1. The van der Waals surface area contributed by atoms with Crippen molar-refractivity contribution in [2.75, 3.05) is 5.73 Å². The molecule has 29 heavy (non-hydrogen) atoms. The molecule has 0 fully saturated rings. The molecule has 4 heteroatoms. The molecule has 1 unspecified atom stereocenters. The highest BCUT2D eigenvalue weighted by molar-refractivity contribution is 5.92. The van der Waals surface area contributed by atoms with Crippen molar-refractivity contribution in [3.8, 4) is 0 Å². The number of benzene rings is 2. The van der Waals surface area contributed by atoms with Crippen LogP contribution in [0, 0.1) is 0 Å². The lowest BCUT2D eigenvalue weighted by Gasteiger charge is -2.38. The molecule has 0 saturated carbocycles. The predicted molar refractivity (Wildman–Crippen MR) is 117 cm³/mol. The quantitative estimate of drug-likeness (QED) is 0.446. The first-order valence-electron chi connectivity index (χ1n) is 10.5. The van der Waals surface area contributed by atoms with Gasteiger partial charge in [0.1, 0.15) is 11.4 Å². The van der Waals surface area contributed by atoms with Gasteiger partial charge in [0.05, 0.1) is 5.57 Å². The van der Waals surface area contributed by atoms with Gasteiger partial charge >= 0.3 is 5.97 Å². The van der Waals surface area contributed by atoms with Crippen molar-refractivity contribution >= 4 is 11.7 Å². The third kappa shape index (κ3) is 4.81. The average Bonchev–Trinajstić information content (AvgIpc) is 2.70. The third-order valence-electron chi connectivity index (χ3n) is 5.82.